The van der Waals surface area contributed by atoms with E-state index in [1.165, 1.54) is 23.1 Å². The molecule has 0 aliphatic carbocycles. The van der Waals surface area contributed by atoms with Gasteiger partial charge in [0.15, 0.2) is 5.16 Å². The number of hydrogen-bond donors (Lipinski definition) is 0. The molecule has 4 aromatic rings. The first-order valence-corrected chi connectivity index (χ1v) is 13.4. The number of amides is 1. The van der Waals surface area contributed by atoms with Crippen molar-refractivity contribution in [3.8, 4) is 16.8 Å². The first-order valence-electron chi connectivity index (χ1n) is 11.6. The largest absolute Gasteiger partial charge is 0.342 e. The van der Waals surface area contributed by atoms with Gasteiger partial charge in [-0.15, -0.1) is 11.3 Å². The summed E-state index contributed by atoms with van der Waals surface area (Å²) in [5.74, 6) is 1.05. The number of para-hydroxylation sites is 1. The highest BCUT2D eigenvalue weighted by Gasteiger charge is 2.24. The summed E-state index contributed by atoms with van der Waals surface area (Å²) in [5, 5.41) is 1.20. The number of nitrogens with zero attached hydrogens (tertiary/aromatic N) is 3. The summed E-state index contributed by atoms with van der Waals surface area (Å²) < 4.78 is 1.66. The van der Waals surface area contributed by atoms with Gasteiger partial charge in [0.1, 0.15) is 4.83 Å². The van der Waals surface area contributed by atoms with Crippen LogP contribution in [0.15, 0.2) is 70.6 Å². The van der Waals surface area contributed by atoms with Crippen molar-refractivity contribution in [2.45, 2.75) is 31.8 Å². The molecule has 0 radical (unpaired) electrons. The van der Waals surface area contributed by atoms with Crippen LogP contribution in [0.5, 0.6) is 0 Å². The van der Waals surface area contributed by atoms with Crippen LogP contribution in [0.3, 0.4) is 0 Å². The summed E-state index contributed by atoms with van der Waals surface area (Å²) in [6.45, 7) is 5.89. The second-order valence-corrected chi connectivity index (χ2v) is 10.9. The molecule has 5 nitrogen and oxygen atoms in total. The Morgan fingerprint density at radius 2 is 1.71 bits per heavy atom. The highest BCUT2D eigenvalue weighted by atomic mass is 32.2. The number of likely N-dealkylation sites (tertiary alicyclic amines) is 1. The molecule has 34 heavy (non-hydrogen) atoms. The Morgan fingerprint density at radius 3 is 2.38 bits per heavy atom. The highest BCUT2D eigenvalue weighted by molar-refractivity contribution is 7.99. The van der Waals surface area contributed by atoms with Crippen LogP contribution in [0.4, 0.5) is 0 Å². The first kappa shape index (κ1) is 22.9. The maximum atomic E-state index is 14.0. The quantitative estimate of drug-likeness (QED) is 0.264. The van der Waals surface area contributed by atoms with Crippen molar-refractivity contribution in [1.29, 1.82) is 0 Å². The lowest BCUT2D eigenvalue weighted by atomic mass is 9.99. The molecule has 0 N–H and O–H groups in total. The van der Waals surface area contributed by atoms with Crippen molar-refractivity contribution in [3.63, 3.8) is 0 Å². The van der Waals surface area contributed by atoms with E-state index in [-0.39, 0.29) is 17.2 Å². The monoisotopic (exact) mass is 489 g/mol. The Labute approximate surface area is 207 Å². The Hall–Kier alpha value is -2.90. The molecule has 0 bridgehead atoms. The fourth-order valence-corrected chi connectivity index (χ4v) is 6.47. The third kappa shape index (κ3) is 4.42. The number of piperidine rings is 1. The van der Waals surface area contributed by atoms with Gasteiger partial charge in [-0.2, -0.15) is 0 Å². The summed E-state index contributed by atoms with van der Waals surface area (Å²) in [5.41, 5.74) is 2.62. The number of aromatic nitrogens is 2. The summed E-state index contributed by atoms with van der Waals surface area (Å²) in [7, 11) is 0. The smallest absolute Gasteiger partial charge is 0.268 e. The molecule has 5 rings (SSSR count). The number of aryl methyl sites for hydroxylation is 1. The predicted octanol–water partition coefficient (Wildman–Crippen LogP) is 5.77. The minimum atomic E-state index is -0.0962. The van der Waals surface area contributed by atoms with Crippen LogP contribution in [0.25, 0.3) is 27.0 Å². The van der Waals surface area contributed by atoms with Crippen molar-refractivity contribution < 1.29 is 4.79 Å². The van der Waals surface area contributed by atoms with Gasteiger partial charge in [0.2, 0.25) is 5.91 Å². The molecule has 0 spiro atoms. The molecule has 1 saturated heterocycles. The van der Waals surface area contributed by atoms with Gasteiger partial charge < -0.3 is 4.90 Å². The highest BCUT2D eigenvalue weighted by Crippen LogP contribution is 2.37. The van der Waals surface area contributed by atoms with Crippen molar-refractivity contribution in [1.82, 2.24) is 14.5 Å². The standard InChI is InChI=1S/C27H27N3O2S2/c1-18-13-15-29(16-14-18)22(31)17-33-27-28-25-24(26(32)30(27)21-11-7-4-8-12-21)23(19(2)34-25)20-9-5-3-6-10-20/h3-12,18H,13-17H2,1-2H3. The molecule has 2 aromatic heterocycles. The Bertz CT molecular complexity index is 1370. The second-order valence-electron chi connectivity index (χ2n) is 8.80. The van der Waals surface area contributed by atoms with Crippen LogP contribution < -0.4 is 5.56 Å². The van der Waals surface area contributed by atoms with Crippen LogP contribution in [-0.4, -0.2) is 39.2 Å². The van der Waals surface area contributed by atoms with Gasteiger partial charge in [0.25, 0.3) is 5.56 Å². The number of hydrogen-bond acceptors (Lipinski definition) is 5. The molecule has 1 amide bonds. The van der Waals surface area contributed by atoms with E-state index in [0.717, 1.165) is 52.5 Å². The number of rotatable bonds is 5. The van der Waals surface area contributed by atoms with Gasteiger partial charge >= 0.3 is 0 Å². The zero-order valence-electron chi connectivity index (χ0n) is 19.4. The van der Waals surface area contributed by atoms with Crippen molar-refractivity contribution in [2.75, 3.05) is 18.8 Å². The van der Waals surface area contributed by atoms with Gasteiger partial charge in [-0.05, 0) is 43.4 Å². The summed E-state index contributed by atoms with van der Waals surface area (Å²) in [4.78, 5) is 35.5. The molecule has 1 aliphatic rings. The lowest BCUT2D eigenvalue weighted by Crippen LogP contribution is -2.39. The minimum Gasteiger partial charge on any atom is -0.342 e. The molecular formula is C27H27N3O2S2. The average Bonchev–Trinajstić information content (AvgIpc) is 3.20. The van der Waals surface area contributed by atoms with E-state index in [1.807, 2.05) is 72.5 Å². The Kier molecular flexibility index (Phi) is 6.57. The minimum absolute atomic E-state index is 0.0962. The Morgan fingerprint density at radius 1 is 1.06 bits per heavy atom. The summed E-state index contributed by atoms with van der Waals surface area (Å²) >= 11 is 2.89. The fraction of sp³-hybridized carbons (Fsp3) is 0.296. The Balaban J connectivity index is 1.58. The number of benzene rings is 2. The fourth-order valence-electron chi connectivity index (χ4n) is 4.47. The zero-order chi connectivity index (χ0) is 23.7. The van der Waals surface area contributed by atoms with Crippen molar-refractivity contribution in [3.05, 3.63) is 75.9 Å². The van der Waals surface area contributed by atoms with E-state index in [2.05, 4.69) is 6.92 Å². The molecule has 0 atom stereocenters. The van der Waals surface area contributed by atoms with Gasteiger partial charge in [-0.1, -0.05) is 67.2 Å². The van der Waals surface area contributed by atoms with Gasteiger partial charge in [0, 0.05) is 23.5 Å². The molecule has 0 unspecified atom stereocenters. The van der Waals surface area contributed by atoms with Crippen LogP contribution in [0, 0.1) is 12.8 Å². The lowest BCUT2D eigenvalue weighted by molar-refractivity contribution is -0.129. The summed E-state index contributed by atoms with van der Waals surface area (Å²) in [6, 6.07) is 19.6. The number of fused-ring (bicyclic) bond motifs is 1. The first-order chi connectivity index (χ1) is 16.5. The van der Waals surface area contributed by atoms with E-state index >= 15 is 0 Å². The molecule has 174 valence electrons. The van der Waals surface area contributed by atoms with E-state index in [1.54, 1.807) is 4.57 Å². The molecular weight excluding hydrogens is 462 g/mol. The van der Waals surface area contributed by atoms with Crippen molar-refractivity contribution in [2.24, 2.45) is 5.92 Å². The zero-order valence-corrected chi connectivity index (χ0v) is 21.0. The van der Waals surface area contributed by atoms with Gasteiger partial charge in [-0.25, -0.2) is 4.98 Å². The molecule has 1 fully saturated rings. The third-order valence-electron chi connectivity index (χ3n) is 6.41. The number of thioether (sulfide) groups is 1. The average molecular weight is 490 g/mol. The van der Waals surface area contributed by atoms with Crippen LogP contribution in [0.2, 0.25) is 0 Å². The topological polar surface area (TPSA) is 55.2 Å². The molecule has 2 aromatic carbocycles. The lowest BCUT2D eigenvalue weighted by Gasteiger charge is -2.30. The predicted molar refractivity (Wildman–Crippen MR) is 141 cm³/mol. The van der Waals surface area contributed by atoms with Crippen molar-refractivity contribution >= 4 is 39.2 Å². The number of carbonyl (C=O) groups excluding carboxylic acids is 1. The van der Waals surface area contributed by atoms with Gasteiger partial charge in [-0.3, -0.25) is 14.2 Å². The van der Waals surface area contributed by atoms with E-state index in [0.29, 0.717) is 16.5 Å². The molecule has 1 aliphatic heterocycles. The SMILES string of the molecule is Cc1sc2nc(SCC(=O)N3CCC(C)CC3)n(-c3ccccc3)c(=O)c2c1-c1ccccc1. The van der Waals surface area contributed by atoms with Gasteiger partial charge in [0.05, 0.1) is 16.8 Å². The third-order valence-corrected chi connectivity index (χ3v) is 8.33. The summed E-state index contributed by atoms with van der Waals surface area (Å²) in [6.07, 6.45) is 2.10. The van der Waals surface area contributed by atoms with Crippen LogP contribution in [0.1, 0.15) is 24.6 Å². The van der Waals surface area contributed by atoms with Crippen LogP contribution in [-0.2, 0) is 4.79 Å². The molecule has 7 heteroatoms. The molecule has 3 heterocycles. The van der Waals surface area contributed by atoms with Crippen LogP contribution >= 0.6 is 23.1 Å². The maximum absolute atomic E-state index is 14.0. The number of carbonyl (C=O) groups is 1. The van der Waals surface area contributed by atoms with E-state index in [9.17, 15) is 9.59 Å². The second kappa shape index (κ2) is 9.76. The van der Waals surface area contributed by atoms with E-state index < -0.39 is 0 Å². The maximum Gasteiger partial charge on any atom is 0.268 e. The molecule has 0 saturated carbocycles. The normalized spacial score (nSPS) is 14.6. The number of thiophene rings is 1. The van der Waals surface area contributed by atoms with E-state index in [4.69, 9.17) is 4.98 Å².